The molecule has 0 bridgehead atoms. The minimum atomic E-state index is -0.269. The number of fused-ring (bicyclic) bond motifs is 1. The van der Waals surface area contributed by atoms with Crippen LogP contribution in [0.1, 0.15) is 22.8 Å². The van der Waals surface area contributed by atoms with Gasteiger partial charge in [0.1, 0.15) is 5.82 Å². The average Bonchev–Trinajstić information content (AvgIpc) is 3.12. The summed E-state index contributed by atoms with van der Waals surface area (Å²) in [6, 6.07) is 1.48. The number of hydrogen-bond acceptors (Lipinski definition) is 5. The maximum Gasteiger partial charge on any atom is 0.290 e. The van der Waals surface area contributed by atoms with Crippen molar-refractivity contribution in [2.75, 3.05) is 13.7 Å². The Kier molecular flexibility index (Phi) is 3.41. The zero-order chi connectivity index (χ0) is 13.9. The van der Waals surface area contributed by atoms with Crippen molar-refractivity contribution in [1.29, 1.82) is 0 Å². The van der Waals surface area contributed by atoms with Gasteiger partial charge in [-0.3, -0.25) is 4.79 Å². The van der Waals surface area contributed by atoms with Crippen molar-refractivity contribution in [2.24, 2.45) is 5.92 Å². The molecule has 0 spiro atoms. The van der Waals surface area contributed by atoms with Gasteiger partial charge < -0.3 is 19.1 Å². The number of hydrogen-bond donors (Lipinski definition) is 1. The molecule has 1 aliphatic heterocycles. The van der Waals surface area contributed by atoms with Gasteiger partial charge in [-0.25, -0.2) is 4.98 Å². The third kappa shape index (κ3) is 2.52. The molecule has 0 aromatic carbocycles. The van der Waals surface area contributed by atoms with Crippen LogP contribution in [0.5, 0.6) is 5.88 Å². The highest BCUT2D eigenvalue weighted by Crippen LogP contribution is 2.18. The molecular weight excluding hydrogens is 260 g/mol. The minimum Gasteiger partial charge on any atom is -0.479 e. The summed E-state index contributed by atoms with van der Waals surface area (Å²) in [6.07, 6.45) is 5.72. The zero-order valence-corrected chi connectivity index (χ0v) is 11.2. The summed E-state index contributed by atoms with van der Waals surface area (Å²) < 4.78 is 11.9. The van der Waals surface area contributed by atoms with Crippen LogP contribution >= 0.6 is 0 Å². The SMILES string of the molecule is COc1cc(C(=O)NCC2CCn3ccnc3C2)on1. The van der Waals surface area contributed by atoms with E-state index in [9.17, 15) is 4.79 Å². The summed E-state index contributed by atoms with van der Waals surface area (Å²) in [4.78, 5) is 16.2. The standard InChI is InChI=1S/C13H16N4O3/c1-19-12-7-10(20-16-12)13(18)15-8-9-2-4-17-5-3-14-11(17)6-9/h3,5,7,9H,2,4,6,8H2,1H3,(H,15,18). The Balaban J connectivity index is 1.54. The first kappa shape index (κ1) is 12.7. The Morgan fingerprint density at radius 1 is 1.65 bits per heavy atom. The second-order valence-electron chi connectivity index (χ2n) is 4.84. The van der Waals surface area contributed by atoms with Gasteiger partial charge in [-0.2, -0.15) is 0 Å². The first-order chi connectivity index (χ1) is 9.76. The van der Waals surface area contributed by atoms with E-state index in [0.29, 0.717) is 18.3 Å². The van der Waals surface area contributed by atoms with E-state index in [1.807, 2.05) is 12.4 Å². The summed E-state index contributed by atoms with van der Waals surface area (Å²) in [7, 11) is 1.48. The first-order valence-corrected chi connectivity index (χ1v) is 6.55. The van der Waals surface area contributed by atoms with Crippen molar-refractivity contribution in [2.45, 2.75) is 19.4 Å². The molecule has 1 amide bonds. The Bertz CT molecular complexity index is 604. The summed E-state index contributed by atoms with van der Waals surface area (Å²) in [5, 5.41) is 6.47. The molecule has 3 heterocycles. The highest BCUT2D eigenvalue weighted by Gasteiger charge is 2.21. The van der Waals surface area contributed by atoms with E-state index in [1.165, 1.54) is 13.2 Å². The third-order valence-corrected chi connectivity index (χ3v) is 3.52. The topological polar surface area (TPSA) is 82.2 Å². The van der Waals surface area contributed by atoms with Crippen LogP contribution in [-0.2, 0) is 13.0 Å². The molecule has 2 aromatic rings. The lowest BCUT2D eigenvalue weighted by Crippen LogP contribution is -2.33. The molecular formula is C13H16N4O3. The van der Waals surface area contributed by atoms with E-state index in [-0.39, 0.29) is 11.7 Å². The Morgan fingerprint density at radius 2 is 2.55 bits per heavy atom. The van der Waals surface area contributed by atoms with Crippen LogP contribution in [0.4, 0.5) is 0 Å². The Hall–Kier alpha value is -2.31. The number of aromatic nitrogens is 3. The van der Waals surface area contributed by atoms with Crippen molar-refractivity contribution >= 4 is 5.91 Å². The maximum atomic E-state index is 11.9. The predicted octanol–water partition coefficient (Wildman–Crippen LogP) is 0.872. The minimum absolute atomic E-state index is 0.166. The normalized spacial score (nSPS) is 17.6. The molecule has 7 nitrogen and oxygen atoms in total. The maximum absolute atomic E-state index is 11.9. The van der Waals surface area contributed by atoms with Crippen molar-refractivity contribution in [1.82, 2.24) is 20.0 Å². The largest absolute Gasteiger partial charge is 0.479 e. The molecule has 1 aliphatic rings. The fraction of sp³-hybridized carbons (Fsp3) is 0.462. The van der Waals surface area contributed by atoms with Crippen LogP contribution in [0.25, 0.3) is 0 Å². The highest BCUT2D eigenvalue weighted by atomic mass is 16.5. The molecule has 0 aliphatic carbocycles. The molecule has 2 aromatic heterocycles. The molecule has 0 saturated heterocycles. The number of methoxy groups -OCH3 is 1. The number of ether oxygens (including phenoxy) is 1. The van der Waals surface area contributed by atoms with Crippen molar-refractivity contribution in [3.05, 3.63) is 30.0 Å². The van der Waals surface area contributed by atoms with Crippen LogP contribution in [0.15, 0.2) is 23.0 Å². The molecule has 106 valence electrons. The van der Waals surface area contributed by atoms with Crippen molar-refractivity contribution in [3.63, 3.8) is 0 Å². The fourth-order valence-electron chi connectivity index (χ4n) is 2.38. The molecule has 0 saturated carbocycles. The number of rotatable bonds is 4. The summed E-state index contributed by atoms with van der Waals surface area (Å²) in [5.41, 5.74) is 0. The number of carbonyl (C=O) groups is 1. The van der Waals surface area contributed by atoms with Crippen molar-refractivity contribution < 1.29 is 14.1 Å². The van der Waals surface area contributed by atoms with Crippen LogP contribution in [-0.4, -0.2) is 34.3 Å². The van der Waals surface area contributed by atoms with Gasteiger partial charge in [0.2, 0.25) is 5.76 Å². The van der Waals surface area contributed by atoms with Gasteiger partial charge in [0.25, 0.3) is 11.8 Å². The summed E-state index contributed by atoms with van der Waals surface area (Å²) in [6.45, 7) is 1.56. The molecule has 7 heteroatoms. The molecule has 1 atom stereocenters. The van der Waals surface area contributed by atoms with Gasteiger partial charge in [-0.1, -0.05) is 0 Å². The number of aryl methyl sites for hydroxylation is 1. The molecule has 1 N–H and O–H groups in total. The van der Waals surface area contributed by atoms with Crippen molar-refractivity contribution in [3.8, 4) is 5.88 Å². The smallest absolute Gasteiger partial charge is 0.290 e. The third-order valence-electron chi connectivity index (χ3n) is 3.52. The van der Waals surface area contributed by atoms with Gasteiger partial charge >= 0.3 is 0 Å². The number of nitrogens with zero attached hydrogens (tertiary/aromatic N) is 3. The lowest BCUT2D eigenvalue weighted by atomic mass is 9.98. The molecule has 0 fully saturated rings. The van der Waals surface area contributed by atoms with Crippen LogP contribution < -0.4 is 10.1 Å². The van der Waals surface area contributed by atoms with E-state index < -0.39 is 0 Å². The molecule has 3 rings (SSSR count). The average molecular weight is 276 g/mol. The molecule has 0 radical (unpaired) electrons. The number of nitrogens with one attached hydrogen (secondary N) is 1. The van der Waals surface area contributed by atoms with Gasteiger partial charge in [-0.05, 0) is 17.5 Å². The quantitative estimate of drug-likeness (QED) is 0.896. The van der Waals surface area contributed by atoms with E-state index in [0.717, 1.165) is 25.2 Å². The lowest BCUT2D eigenvalue weighted by Gasteiger charge is -2.23. The summed E-state index contributed by atoms with van der Waals surface area (Å²) in [5.74, 6) is 1.68. The first-order valence-electron chi connectivity index (χ1n) is 6.55. The number of amides is 1. The monoisotopic (exact) mass is 276 g/mol. The Morgan fingerprint density at radius 3 is 3.35 bits per heavy atom. The van der Waals surface area contributed by atoms with Gasteiger partial charge in [0.15, 0.2) is 0 Å². The van der Waals surface area contributed by atoms with Crippen LogP contribution in [0.3, 0.4) is 0 Å². The number of carbonyl (C=O) groups excluding carboxylic acids is 1. The van der Waals surface area contributed by atoms with E-state index in [1.54, 1.807) is 0 Å². The zero-order valence-electron chi connectivity index (χ0n) is 11.2. The second-order valence-corrected chi connectivity index (χ2v) is 4.84. The highest BCUT2D eigenvalue weighted by molar-refractivity contribution is 5.91. The van der Waals surface area contributed by atoms with E-state index >= 15 is 0 Å². The van der Waals surface area contributed by atoms with E-state index in [2.05, 4.69) is 20.0 Å². The summed E-state index contributed by atoms with van der Waals surface area (Å²) >= 11 is 0. The van der Waals surface area contributed by atoms with Gasteiger partial charge in [-0.15, -0.1) is 0 Å². The lowest BCUT2D eigenvalue weighted by molar-refractivity contribution is 0.0907. The van der Waals surface area contributed by atoms with Crippen LogP contribution in [0.2, 0.25) is 0 Å². The van der Waals surface area contributed by atoms with Crippen LogP contribution in [0, 0.1) is 5.92 Å². The van der Waals surface area contributed by atoms with Gasteiger partial charge in [0, 0.05) is 31.9 Å². The number of imidazole rings is 1. The predicted molar refractivity (Wildman–Crippen MR) is 69.4 cm³/mol. The fourth-order valence-corrected chi connectivity index (χ4v) is 2.38. The molecule has 20 heavy (non-hydrogen) atoms. The second kappa shape index (κ2) is 5.36. The van der Waals surface area contributed by atoms with E-state index in [4.69, 9.17) is 9.26 Å². The van der Waals surface area contributed by atoms with Gasteiger partial charge in [0.05, 0.1) is 13.2 Å². The molecule has 1 unspecified atom stereocenters. The Labute approximate surface area is 115 Å².